The number of anilines is 2. The Morgan fingerprint density at radius 2 is 1.00 bits per heavy atom. The van der Waals surface area contributed by atoms with Crippen molar-refractivity contribution in [1.29, 1.82) is 0 Å². The first kappa shape index (κ1) is 26.6. The molecule has 2 N–H and O–H groups in total. The van der Waals surface area contributed by atoms with Gasteiger partial charge >= 0.3 is 0 Å². The summed E-state index contributed by atoms with van der Waals surface area (Å²) in [5.41, 5.74) is 9.19. The van der Waals surface area contributed by atoms with Gasteiger partial charge < -0.3 is 9.80 Å². The molecule has 0 heterocycles. The second kappa shape index (κ2) is 14.5. The fraction of sp³-hybridized carbons (Fsp3) is 0.385. The molecule has 0 radical (unpaired) electrons. The number of carbonyl (C=O) groups excluding carboxylic acids is 2. The molecule has 0 aliphatic rings. The van der Waals surface area contributed by atoms with E-state index in [9.17, 15) is 9.59 Å². The zero-order chi connectivity index (χ0) is 24.8. The molecule has 0 spiro atoms. The molecule has 8 nitrogen and oxygen atoms in total. The summed E-state index contributed by atoms with van der Waals surface area (Å²) in [5, 5.41) is 8.02. The van der Waals surface area contributed by atoms with Gasteiger partial charge in [0.1, 0.15) is 0 Å². The van der Waals surface area contributed by atoms with Gasteiger partial charge in [-0.15, -0.1) is 0 Å². The third-order valence-electron chi connectivity index (χ3n) is 5.18. The maximum Gasteiger partial charge on any atom is 0.240 e. The molecule has 0 aliphatic heterocycles. The van der Waals surface area contributed by atoms with E-state index in [1.807, 2.05) is 86.5 Å². The van der Waals surface area contributed by atoms with Crippen LogP contribution in [0.5, 0.6) is 0 Å². The molecule has 0 fully saturated rings. The van der Waals surface area contributed by atoms with Crippen molar-refractivity contribution in [3.63, 3.8) is 0 Å². The third kappa shape index (κ3) is 10.3. The van der Waals surface area contributed by atoms with Gasteiger partial charge in [0.25, 0.3) is 0 Å². The zero-order valence-electron chi connectivity index (χ0n) is 20.6. The van der Waals surface area contributed by atoms with Crippen LogP contribution >= 0.6 is 0 Å². The second-order valence-electron chi connectivity index (χ2n) is 8.47. The molecule has 2 aromatic carbocycles. The molecule has 8 heteroatoms. The van der Waals surface area contributed by atoms with Crippen molar-refractivity contribution in [2.75, 3.05) is 38.0 Å². The van der Waals surface area contributed by atoms with E-state index >= 15 is 0 Å². The molecule has 2 amide bonds. The van der Waals surface area contributed by atoms with Gasteiger partial charge in [0.05, 0.1) is 12.4 Å². The van der Waals surface area contributed by atoms with Gasteiger partial charge in [0.15, 0.2) is 0 Å². The molecule has 0 atom stereocenters. The summed E-state index contributed by atoms with van der Waals surface area (Å²) in [6.45, 7) is 0. The molecule has 2 rings (SSSR count). The summed E-state index contributed by atoms with van der Waals surface area (Å²) < 4.78 is 0. The summed E-state index contributed by atoms with van der Waals surface area (Å²) in [6.07, 6.45) is 7.41. The van der Waals surface area contributed by atoms with E-state index in [1.165, 1.54) is 0 Å². The van der Waals surface area contributed by atoms with Crippen molar-refractivity contribution in [3.05, 3.63) is 59.7 Å². The highest BCUT2D eigenvalue weighted by Gasteiger charge is 2.02. The number of hydrazone groups is 2. The molecule has 0 aromatic heterocycles. The normalized spacial score (nSPS) is 11.1. The highest BCUT2D eigenvalue weighted by molar-refractivity contribution is 5.83. The van der Waals surface area contributed by atoms with E-state index in [1.54, 1.807) is 12.4 Å². The molecule has 0 aliphatic carbocycles. The van der Waals surface area contributed by atoms with Crippen LogP contribution in [0.2, 0.25) is 0 Å². The maximum atomic E-state index is 11.9. The zero-order valence-corrected chi connectivity index (χ0v) is 20.6. The lowest BCUT2D eigenvalue weighted by Crippen LogP contribution is -2.17. The fourth-order valence-electron chi connectivity index (χ4n) is 3.11. The topological polar surface area (TPSA) is 89.4 Å². The summed E-state index contributed by atoms with van der Waals surface area (Å²) in [6, 6.07) is 15.8. The van der Waals surface area contributed by atoms with E-state index in [0.717, 1.165) is 48.2 Å². The Balaban J connectivity index is 1.52. The van der Waals surface area contributed by atoms with Crippen LogP contribution in [-0.4, -0.2) is 52.4 Å². The Hall–Kier alpha value is -3.68. The first-order valence-electron chi connectivity index (χ1n) is 11.5. The average Bonchev–Trinajstić information content (AvgIpc) is 2.82. The summed E-state index contributed by atoms with van der Waals surface area (Å²) in [5.74, 6) is -0.210. The van der Waals surface area contributed by atoms with Crippen molar-refractivity contribution in [2.45, 2.75) is 38.5 Å². The number of hydrogen-bond acceptors (Lipinski definition) is 6. The highest BCUT2D eigenvalue weighted by Crippen LogP contribution is 2.12. The molecule has 34 heavy (non-hydrogen) atoms. The van der Waals surface area contributed by atoms with Gasteiger partial charge in [-0.25, -0.2) is 10.9 Å². The van der Waals surface area contributed by atoms with Crippen molar-refractivity contribution in [3.8, 4) is 0 Å². The first-order valence-corrected chi connectivity index (χ1v) is 11.5. The van der Waals surface area contributed by atoms with Crippen LogP contribution in [0.25, 0.3) is 0 Å². The number of unbranched alkanes of at least 4 members (excludes halogenated alkanes) is 3. The monoisotopic (exact) mass is 464 g/mol. The maximum absolute atomic E-state index is 11.9. The molecule has 0 bridgehead atoms. The van der Waals surface area contributed by atoms with Gasteiger partial charge in [-0.05, 0) is 48.2 Å². The number of amides is 2. The summed E-state index contributed by atoms with van der Waals surface area (Å²) in [4.78, 5) is 27.8. The first-order chi connectivity index (χ1) is 16.3. The Labute approximate surface area is 202 Å². The molecular formula is C26H36N6O2. The van der Waals surface area contributed by atoms with E-state index < -0.39 is 0 Å². The molecule has 0 unspecified atom stereocenters. The third-order valence-corrected chi connectivity index (χ3v) is 5.18. The van der Waals surface area contributed by atoms with E-state index in [-0.39, 0.29) is 11.8 Å². The number of carbonyl (C=O) groups is 2. The largest absolute Gasteiger partial charge is 0.378 e. The quantitative estimate of drug-likeness (QED) is 0.268. The van der Waals surface area contributed by atoms with Gasteiger partial charge in [-0.1, -0.05) is 37.1 Å². The van der Waals surface area contributed by atoms with Gasteiger partial charge in [0.2, 0.25) is 11.8 Å². The lowest BCUT2D eigenvalue weighted by Gasteiger charge is -2.11. The lowest BCUT2D eigenvalue weighted by atomic mass is 10.1. The van der Waals surface area contributed by atoms with Gasteiger partial charge in [0, 0.05) is 52.4 Å². The number of hydrogen-bond donors (Lipinski definition) is 2. The van der Waals surface area contributed by atoms with Crippen molar-refractivity contribution < 1.29 is 9.59 Å². The Kier molecular flexibility index (Phi) is 11.3. The number of nitrogens with zero attached hydrogens (tertiary/aromatic N) is 4. The highest BCUT2D eigenvalue weighted by atomic mass is 16.2. The lowest BCUT2D eigenvalue weighted by molar-refractivity contribution is -0.122. The molecule has 182 valence electrons. The predicted octanol–water partition coefficient (Wildman–Crippen LogP) is 3.76. The standard InChI is InChI=1S/C26H36N6O2/c1-31(2)23-15-11-21(12-16-23)19-27-29-25(33)9-7-5-6-8-10-26(34)30-28-20-22-13-17-24(18-14-22)32(3)4/h11-20H,5-10H2,1-4H3,(H,29,33)(H,30,34)/b27-19-,28-20-. The van der Waals surface area contributed by atoms with Crippen molar-refractivity contribution in [2.24, 2.45) is 10.2 Å². The summed E-state index contributed by atoms with van der Waals surface area (Å²) in [7, 11) is 7.95. The minimum atomic E-state index is -0.105. The molecule has 0 saturated carbocycles. The SMILES string of the molecule is CN(C)c1ccc(/C=N\NC(=O)CCCCCCC(=O)N/N=C\c2ccc(N(C)C)cc2)cc1. The van der Waals surface area contributed by atoms with Gasteiger partial charge in [-0.3, -0.25) is 9.59 Å². The smallest absolute Gasteiger partial charge is 0.240 e. The average molecular weight is 465 g/mol. The fourth-order valence-corrected chi connectivity index (χ4v) is 3.11. The van der Waals surface area contributed by atoms with Crippen LogP contribution in [0, 0.1) is 0 Å². The Bertz CT molecular complexity index is 871. The van der Waals surface area contributed by atoms with Crippen LogP contribution in [0.15, 0.2) is 58.7 Å². The van der Waals surface area contributed by atoms with Crippen LogP contribution < -0.4 is 20.7 Å². The minimum Gasteiger partial charge on any atom is -0.378 e. The van der Waals surface area contributed by atoms with Crippen molar-refractivity contribution >= 4 is 35.6 Å². The summed E-state index contributed by atoms with van der Waals surface area (Å²) >= 11 is 0. The van der Waals surface area contributed by atoms with E-state index in [0.29, 0.717) is 12.8 Å². The van der Waals surface area contributed by atoms with Crippen molar-refractivity contribution in [1.82, 2.24) is 10.9 Å². The Morgan fingerprint density at radius 1 is 0.647 bits per heavy atom. The molecule has 0 saturated heterocycles. The van der Waals surface area contributed by atoms with E-state index in [4.69, 9.17) is 0 Å². The van der Waals surface area contributed by atoms with Crippen LogP contribution in [0.3, 0.4) is 0 Å². The molecule has 2 aromatic rings. The molecular weight excluding hydrogens is 428 g/mol. The van der Waals surface area contributed by atoms with Crippen LogP contribution in [-0.2, 0) is 9.59 Å². The van der Waals surface area contributed by atoms with E-state index in [2.05, 4.69) is 21.1 Å². The minimum absolute atomic E-state index is 0.105. The van der Waals surface area contributed by atoms with Gasteiger partial charge in [-0.2, -0.15) is 10.2 Å². The number of rotatable bonds is 13. The predicted molar refractivity (Wildman–Crippen MR) is 141 cm³/mol. The van der Waals surface area contributed by atoms with Crippen LogP contribution in [0.1, 0.15) is 49.7 Å². The Morgan fingerprint density at radius 3 is 1.32 bits per heavy atom. The van der Waals surface area contributed by atoms with Crippen LogP contribution in [0.4, 0.5) is 11.4 Å². The number of benzene rings is 2. The number of nitrogens with one attached hydrogen (secondary N) is 2. The second-order valence-corrected chi connectivity index (χ2v) is 8.47.